The lowest BCUT2D eigenvalue weighted by Crippen LogP contribution is -2.22. The molecule has 10 heteroatoms. The van der Waals surface area contributed by atoms with Crippen molar-refractivity contribution < 1.29 is 27.1 Å². The Labute approximate surface area is 174 Å². The molecular weight excluding hydrogens is 418 g/mol. The van der Waals surface area contributed by atoms with Crippen LogP contribution in [0, 0.1) is 12.7 Å². The number of ether oxygens (including phenoxy) is 1. The molecule has 0 aliphatic heterocycles. The Balaban J connectivity index is 2.10. The lowest BCUT2D eigenvalue weighted by atomic mass is 9.98. The third-order valence-corrected chi connectivity index (χ3v) is 5.00. The Morgan fingerprint density at radius 2 is 1.90 bits per heavy atom. The van der Waals surface area contributed by atoms with E-state index in [9.17, 15) is 27.2 Å². The third kappa shape index (κ3) is 4.23. The van der Waals surface area contributed by atoms with Crippen LogP contribution in [0.5, 0.6) is 0 Å². The summed E-state index contributed by atoms with van der Waals surface area (Å²) in [7, 11) is 2.62. The minimum Gasteiger partial charge on any atom is -0.465 e. The van der Waals surface area contributed by atoms with E-state index < -0.39 is 35.1 Å². The molecule has 0 saturated heterocycles. The second-order valence-corrected chi connectivity index (χ2v) is 7.03. The van der Waals surface area contributed by atoms with Crippen LogP contribution in [0.2, 0.25) is 0 Å². The highest BCUT2D eigenvalue weighted by molar-refractivity contribution is 5.89. The van der Waals surface area contributed by atoms with E-state index >= 15 is 0 Å². The highest BCUT2D eigenvalue weighted by Gasteiger charge is 2.35. The van der Waals surface area contributed by atoms with Gasteiger partial charge < -0.3 is 10.1 Å². The smallest absolute Gasteiger partial charge is 0.416 e. The number of rotatable bonds is 4. The number of carbonyl (C=O) groups is 1. The number of anilines is 1. The number of methoxy groups -OCH3 is 1. The molecule has 0 aliphatic carbocycles. The van der Waals surface area contributed by atoms with Crippen LogP contribution in [-0.4, -0.2) is 22.6 Å². The van der Waals surface area contributed by atoms with E-state index in [-0.39, 0.29) is 33.5 Å². The maximum atomic E-state index is 14.4. The summed E-state index contributed by atoms with van der Waals surface area (Å²) >= 11 is 0. The van der Waals surface area contributed by atoms with Crippen LogP contribution < -0.4 is 10.9 Å². The van der Waals surface area contributed by atoms with Crippen molar-refractivity contribution in [1.82, 2.24) is 9.55 Å². The lowest BCUT2D eigenvalue weighted by molar-refractivity contribution is -0.138. The molecule has 0 amide bonds. The monoisotopic (exact) mass is 437 g/mol. The average Bonchev–Trinajstić information content (AvgIpc) is 2.71. The number of hydrogen-bond donors (Lipinski definition) is 1. The molecule has 0 aliphatic rings. The lowest BCUT2D eigenvalue weighted by Gasteiger charge is -2.22. The molecule has 0 fully saturated rings. The van der Waals surface area contributed by atoms with Gasteiger partial charge in [-0.05, 0) is 49.7 Å². The fourth-order valence-electron chi connectivity index (χ4n) is 3.24. The van der Waals surface area contributed by atoms with Gasteiger partial charge in [-0.25, -0.2) is 14.2 Å². The summed E-state index contributed by atoms with van der Waals surface area (Å²) in [5.41, 5.74) is -1.92. The van der Waals surface area contributed by atoms with Crippen LogP contribution in [0.25, 0.3) is 10.9 Å². The van der Waals surface area contributed by atoms with Crippen molar-refractivity contribution in [2.75, 3.05) is 12.4 Å². The molecule has 1 heterocycles. The number of carbonyl (C=O) groups excluding carboxylic acids is 1. The van der Waals surface area contributed by atoms with Crippen molar-refractivity contribution in [2.24, 2.45) is 7.05 Å². The first kappa shape index (κ1) is 22.3. The summed E-state index contributed by atoms with van der Waals surface area (Å²) in [6.07, 6.45) is -4.72. The van der Waals surface area contributed by atoms with Crippen molar-refractivity contribution in [1.29, 1.82) is 0 Å². The Kier molecular flexibility index (Phi) is 5.75. The Morgan fingerprint density at radius 1 is 1.23 bits per heavy atom. The minimum atomic E-state index is -4.72. The van der Waals surface area contributed by atoms with E-state index in [4.69, 9.17) is 0 Å². The van der Waals surface area contributed by atoms with E-state index in [0.29, 0.717) is 0 Å². The van der Waals surface area contributed by atoms with E-state index in [0.717, 1.165) is 25.3 Å². The van der Waals surface area contributed by atoms with Crippen molar-refractivity contribution >= 4 is 22.6 Å². The number of esters is 1. The highest BCUT2D eigenvalue weighted by Crippen LogP contribution is 2.37. The standard InChI is InChI=1S/C21H19F4N3O3/c1-10(26-17-6-5-12(7-16(17)22)20(30)31-4)13-8-14-18(9-15(13)21(23,24)25)27-11(2)28(3)19(14)29/h5-10,26H,1-4H3/t10-/m0/s1. The molecule has 0 saturated carbocycles. The highest BCUT2D eigenvalue weighted by atomic mass is 19.4. The summed E-state index contributed by atoms with van der Waals surface area (Å²) < 4.78 is 61.4. The molecule has 0 bridgehead atoms. The zero-order valence-electron chi connectivity index (χ0n) is 17.1. The summed E-state index contributed by atoms with van der Waals surface area (Å²) in [4.78, 5) is 28.1. The van der Waals surface area contributed by atoms with Gasteiger partial charge in [-0.1, -0.05) is 0 Å². The predicted molar refractivity (Wildman–Crippen MR) is 107 cm³/mol. The zero-order chi connectivity index (χ0) is 23.1. The first-order valence-electron chi connectivity index (χ1n) is 9.17. The molecular formula is C21H19F4N3O3. The van der Waals surface area contributed by atoms with Gasteiger partial charge in [0.25, 0.3) is 5.56 Å². The molecule has 2 aromatic carbocycles. The Morgan fingerprint density at radius 3 is 2.48 bits per heavy atom. The van der Waals surface area contributed by atoms with Crippen molar-refractivity contribution in [2.45, 2.75) is 26.1 Å². The van der Waals surface area contributed by atoms with Gasteiger partial charge in [0, 0.05) is 13.1 Å². The number of aryl methyl sites for hydroxylation is 1. The molecule has 6 nitrogen and oxygen atoms in total. The molecule has 3 aromatic rings. The van der Waals surface area contributed by atoms with Crippen molar-refractivity contribution in [3.63, 3.8) is 0 Å². The SMILES string of the molecule is COC(=O)c1ccc(N[C@@H](C)c2cc3c(=O)n(C)c(C)nc3cc2C(F)(F)F)c(F)c1. The largest absolute Gasteiger partial charge is 0.465 e. The number of hydrogen-bond acceptors (Lipinski definition) is 5. The number of nitrogens with zero attached hydrogens (tertiary/aromatic N) is 2. The fourth-order valence-corrected chi connectivity index (χ4v) is 3.24. The molecule has 164 valence electrons. The van der Waals surface area contributed by atoms with Gasteiger partial charge >= 0.3 is 12.1 Å². The number of aromatic nitrogens is 2. The van der Waals surface area contributed by atoms with Crippen LogP contribution in [0.3, 0.4) is 0 Å². The average molecular weight is 437 g/mol. The first-order valence-corrected chi connectivity index (χ1v) is 9.17. The molecule has 31 heavy (non-hydrogen) atoms. The molecule has 0 radical (unpaired) electrons. The maximum Gasteiger partial charge on any atom is 0.416 e. The topological polar surface area (TPSA) is 73.2 Å². The molecule has 0 spiro atoms. The van der Waals surface area contributed by atoms with Gasteiger partial charge in [-0.2, -0.15) is 13.2 Å². The van der Waals surface area contributed by atoms with Crippen LogP contribution in [0.1, 0.15) is 40.3 Å². The number of fused-ring (bicyclic) bond motifs is 1. The van der Waals surface area contributed by atoms with Crippen LogP contribution in [0.4, 0.5) is 23.2 Å². The van der Waals surface area contributed by atoms with Crippen molar-refractivity contribution in [3.05, 3.63) is 69.0 Å². The normalized spacial score (nSPS) is 12.6. The molecule has 1 aromatic heterocycles. The second-order valence-electron chi connectivity index (χ2n) is 7.03. The van der Waals surface area contributed by atoms with Crippen molar-refractivity contribution in [3.8, 4) is 0 Å². The second kappa shape index (κ2) is 8.01. The summed E-state index contributed by atoms with van der Waals surface area (Å²) in [5.74, 6) is -1.30. The van der Waals surface area contributed by atoms with Gasteiger partial charge in [0.1, 0.15) is 11.6 Å². The predicted octanol–water partition coefficient (Wildman–Crippen LogP) is 4.36. The number of benzene rings is 2. The van der Waals surface area contributed by atoms with Crippen LogP contribution in [-0.2, 0) is 18.0 Å². The Hall–Kier alpha value is -3.43. The van der Waals surface area contributed by atoms with E-state index in [1.165, 1.54) is 37.6 Å². The minimum absolute atomic E-state index is 0.0197. The molecule has 3 rings (SSSR count). The van der Waals surface area contributed by atoms with E-state index in [1.54, 1.807) is 0 Å². The van der Waals surface area contributed by atoms with Gasteiger partial charge in [0.05, 0.1) is 34.8 Å². The molecule has 1 atom stereocenters. The van der Waals surface area contributed by atoms with Gasteiger partial charge in [-0.15, -0.1) is 0 Å². The fraction of sp³-hybridized carbons (Fsp3) is 0.286. The van der Waals surface area contributed by atoms with Gasteiger partial charge in [-0.3, -0.25) is 9.36 Å². The van der Waals surface area contributed by atoms with Gasteiger partial charge in [0.2, 0.25) is 0 Å². The Bertz CT molecular complexity index is 1240. The quantitative estimate of drug-likeness (QED) is 0.485. The van der Waals surface area contributed by atoms with Crippen LogP contribution >= 0.6 is 0 Å². The summed E-state index contributed by atoms with van der Waals surface area (Å²) in [5, 5.41) is 2.70. The number of nitrogens with one attached hydrogen (secondary N) is 1. The number of halogens is 4. The molecule has 0 unspecified atom stereocenters. The third-order valence-electron chi connectivity index (χ3n) is 5.00. The summed E-state index contributed by atoms with van der Waals surface area (Å²) in [6, 6.07) is 4.38. The molecule has 1 N–H and O–H groups in total. The number of alkyl halides is 3. The van der Waals surface area contributed by atoms with Gasteiger partial charge in [0.15, 0.2) is 0 Å². The maximum absolute atomic E-state index is 14.4. The zero-order valence-corrected chi connectivity index (χ0v) is 17.1. The van der Waals surface area contributed by atoms with E-state index in [2.05, 4.69) is 15.0 Å². The van der Waals surface area contributed by atoms with Crippen LogP contribution in [0.15, 0.2) is 35.1 Å². The van der Waals surface area contributed by atoms with E-state index in [1.807, 2.05) is 0 Å². The first-order chi connectivity index (χ1) is 14.4. The summed E-state index contributed by atoms with van der Waals surface area (Å²) in [6.45, 7) is 2.93.